The van der Waals surface area contributed by atoms with Gasteiger partial charge in [-0.2, -0.15) is 0 Å². The number of nitrogens with zero attached hydrogens (tertiary/aromatic N) is 2. The molecule has 0 aromatic heterocycles. The van der Waals surface area contributed by atoms with Crippen molar-refractivity contribution in [2.24, 2.45) is 0 Å². The van der Waals surface area contributed by atoms with E-state index in [0.717, 1.165) is 5.56 Å². The number of nitrogens with one attached hydrogen (secondary N) is 1. The van der Waals surface area contributed by atoms with Gasteiger partial charge in [0.15, 0.2) is 5.11 Å². The van der Waals surface area contributed by atoms with E-state index in [-0.39, 0.29) is 23.3 Å². The summed E-state index contributed by atoms with van der Waals surface area (Å²) in [5.41, 5.74) is 2.32. The lowest BCUT2D eigenvalue weighted by Gasteiger charge is -2.14. The van der Waals surface area contributed by atoms with Gasteiger partial charge in [-0.1, -0.05) is 12.1 Å². The van der Waals surface area contributed by atoms with Crippen molar-refractivity contribution in [1.29, 1.82) is 0 Å². The van der Waals surface area contributed by atoms with Crippen LogP contribution in [0.4, 0.5) is 11.4 Å². The summed E-state index contributed by atoms with van der Waals surface area (Å²) in [6.07, 6.45) is 1.69. The molecule has 1 fully saturated rings. The molecule has 0 aliphatic carbocycles. The maximum atomic E-state index is 13.1. The minimum Gasteiger partial charge on any atom is -0.496 e. The van der Waals surface area contributed by atoms with Crippen LogP contribution in [-0.4, -0.2) is 29.7 Å². The normalized spacial score (nSPS) is 14.1. The number of carbonyl (C=O) groups is 1. The van der Waals surface area contributed by atoms with E-state index in [2.05, 4.69) is 5.32 Å². The maximum Gasteiger partial charge on any atom is 0.281 e. The number of nitro benzene ring substituents is 1. The summed E-state index contributed by atoms with van der Waals surface area (Å²) in [6.45, 7) is 2.56. The highest BCUT2D eigenvalue weighted by atomic mass is 32.1. The van der Waals surface area contributed by atoms with E-state index in [4.69, 9.17) is 26.4 Å². The minimum atomic E-state index is -0.479. The second-order valence-electron chi connectivity index (χ2n) is 7.67. The summed E-state index contributed by atoms with van der Waals surface area (Å²) in [5, 5.41) is 14.3. The standard InChI is InChI=1S/C26H23N3O6S/c1-3-34-21-10-8-19(9-11-21)28-25(30)23(27-26(28)36)14-17-7-12-24(33-2)18(13-17)16-35-22-6-4-5-20(15-22)29(31)32/h4-15H,3,16H2,1-2H3,(H,27,36)/b23-14+. The molecule has 0 bridgehead atoms. The van der Waals surface area contributed by atoms with Gasteiger partial charge in [0.2, 0.25) is 0 Å². The van der Waals surface area contributed by atoms with E-state index in [0.29, 0.717) is 40.8 Å². The van der Waals surface area contributed by atoms with Crippen LogP contribution in [0.3, 0.4) is 0 Å². The number of thiocarbonyl (C=S) groups is 1. The molecule has 1 aliphatic heterocycles. The summed E-state index contributed by atoms with van der Waals surface area (Å²) in [7, 11) is 1.54. The quantitative estimate of drug-likeness (QED) is 0.191. The summed E-state index contributed by atoms with van der Waals surface area (Å²) >= 11 is 5.40. The maximum absolute atomic E-state index is 13.1. The molecule has 1 amide bonds. The average Bonchev–Trinajstić information content (AvgIpc) is 3.16. The molecule has 1 heterocycles. The predicted octanol–water partition coefficient (Wildman–Crippen LogP) is 4.84. The Hall–Kier alpha value is -4.44. The Labute approximate surface area is 213 Å². The van der Waals surface area contributed by atoms with Gasteiger partial charge in [-0.05, 0) is 73.2 Å². The molecule has 36 heavy (non-hydrogen) atoms. The molecule has 1 N–H and O–H groups in total. The fraction of sp³-hybridized carbons (Fsp3) is 0.154. The van der Waals surface area contributed by atoms with Crippen molar-refractivity contribution >= 4 is 40.7 Å². The molecule has 3 aromatic carbocycles. The highest BCUT2D eigenvalue weighted by molar-refractivity contribution is 7.80. The Morgan fingerprint density at radius 3 is 2.53 bits per heavy atom. The Morgan fingerprint density at radius 2 is 1.83 bits per heavy atom. The molecule has 3 aromatic rings. The SMILES string of the molecule is CCOc1ccc(N2C(=O)/C(=C\c3ccc(OC)c(COc4cccc([N+](=O)[O-])c4)c3)NC2=S)cc1. The number of amides is 1. The second kappa shape index (κ2) is 10.9. The first kappa shape index (κ1) is 24.7. The fourth-order valence-electron chi connectivity index (χ4n) is 3.64. The van der Waals surface area contributed by atoms with Gasteiger partial charge in [0.05, 0.1) is 30.4 Å². The number of non-ortho nitro benzene ring substituents is 1. The van der Waals surface area contributed by atoms with Crippen molar-refractivity contribution in [3.05, 3.63) is 93.7 Å². The Bertz CT molecular complexity index is 1340. The zero-order valence-corrected chi connectivity index (χ0v) is 20.4. The number of ether oxygens (including phenoxy) is 3. The van der Waals surface area contributed by atoms with Gasteiger partial charge in [-0.3, -0.25) is 19.8 Å². The molecule has 0 atom stereocenters. The number of hydrogen-bond donors (Lipinski definition) is 1. The van der Waals surface area contributed by atoms with Crippen molar-refractivity contribution < 1.29 is 23.9 Å². The molecule has 0 spiro atoms. The van der Waals surface area contributed by atoms with Gasteiger partial charge in [-0.15, -0.1) is 0 Å². The molecule has 10 heteroatoms. The smallest absolute Gasteiger partial charge is 0.281 e. The molecular formula is C26H23N3O6S. The first-order valence-corrected chi connectivity index (χ1v) is 11.4. The Morgan fingerprint density at radius 1 is 1.06 bits per heavy atom. The van der Waals surface area contributed by atoms with Gasteiger partial charge < -0.3 is 19.5 Å². The van der Waals surface area contributed by atoms with Crippen LogP contribution in [0.1, 0.15) is 18.1 Å². The van der Waals surface area contributed by atoms with Crippen LogP contribution < -0.4 is 24.4 Å². The number of nitro groups is 1. The molecule has 0 saturated carbocycles. The lowest BCUT2D eigenvalue weighted by Crippen LogP contribution is -2.30. The molecule has 1 aliphatic rings. The van der Waals surface area contributed by atoms with E-state index in [1.165, 1.54) is 17.0 Å². The van der Waals surface area contributed by atoms with Gasteiger partial charge in [0.25, 0.3) is 11.6 Å². The molecule has 1 saturated heterocycles. The highest BCUT2D eigenvalue weighted by Gasteiger charge is 2.32. The van der Waals surface area contributed by atoms with Crippen LogP contribution >= 0.6 is 12.2 Å². The van der Waals surface area contributed by atoms with E-state index in [9.17, 15) is 14.9 Å². The minimum absolute atomic E-state index is 0.0585. The highest BCUT2D eigenvalue weighted by Crippen LogP contribution is 2.27. The van der Waals surface area contributed by atoms with Crippen molar-refractivity contribution in [3.63, 3.8) is 0 Å². The van der Waals surface area contributed by atoms with Crippen LogP contribution in [0, 0.1) is 10.1 Å². The van der Waals surface area contributed by atoms with E-state index >= 15 is 0 Å². The second-order valence-corrected chi connectivity index (χ2v) is 8.06. The van der Waals surface area contributed by atoms with Gasteiger partial charge in [0.1, 0.15) is 29.6 Å². The van der Waals surface area contributed by atoms with Crippen molar-refractivity contribution in [2.45, 2.75) is 13.5 Å². The number of anilines is 1. The zero-order valence-electron chi connectivity index (χ0n) is 19.6. The van der Waals surface area contributed by atoms with Crippen LogP contribution in [0.5, 0.6) is 17.2 Å². The lowest BCUT2D eigenvalue weighted by atomic mass is 10.1. The largest absolute Gasteiger partial charge is 0.496 e. The number of benzene rings is 3. The van der Waals surface area contributed by atoms with Gasteiger partial charge in [0, 0.05) is 11.6 Å². The van der Waals surface area contributed by atoms with Crippen molar-refractivity contribution in [3.8, 4) is 17.2 Å². The first-order valence-electron chi connectivity index (χ1n) is 11.0. The van der Waals surface area contributed by atoms with E-state index < -0.39 is 4.92 Å². The molecule has 0 unspecified atom stereocenters. The number of hydrogen-bond acceptors (Lipinski definition) is 7. The van der Waals surface area contributed by atoms with E-state index in [1.54, 1.807) is 61.7 Å². The third kappa shape index (κ3) is 5.44. The molecular weight excluding hydrogens is 482 g/mol. The average molecular weight is 506 g/mol. The Kier molecular flexibility index (Phi) is 7.45. The fourth-order valence-corrected chi connectivity index (χ4v) is 3.94. The first-order chi connectivity index (χ1) is 17.4. The molecule has 4 rings (SSSR count). The topological polar surface area (TPSA) is 103 Å². The molecule has 0 radical (unpaired) electrons. The van der Waals surface area contributed by atoms with Crippen molar-refractivity contribution in [1.82, 2.24) is 5.32 Å². The molecule has 184 valence electrons. The number of methoxy groups -OCH3 is 1. The zero-order chi connectivity index (χ0) is 25.7. The van der Waals surface area contributed by atoms with Crippen molar-refractivity contribution in [2.75, 3.05) is 18.6 Å². The van der Waals surface area contributed by atoms with Crippen LogP contribution in [0.15, 0.2) is 72.4 Å². The molecule has 9 nitrogen and oxygen atoms in total. The third-order valence-electron chi connectivity index (χ3n) is 5.32. The summed E-state index contributed by atoms with van der Waals surface area (Å²) in [5.74, 6) is 1.37. The summed E-state index contributed by atoms with van der Waals surface area (Å²) < 4.78 is 16.7. The summed E-state index contributed by atoms with van der Waals surface area (Å²) in [6, 6.07) is 18.5. The van der Waals surface area contributed by atoms with Gasteiger partial charge in [-0.25, -0.2) is 0 Å². The lowest BCUT2D eigenvalue weighted by molar-refractivity contribution is -0.384. The Balaban J connectivity index is 1.53. The van der Waals surface area contributed by atoms with E-state index in [1.807, 2.05) is 13.0 Å². The van der Waals surface area contributed by atoms with Crippen LogP contribution in [-0.2, 0) is 11.4 Å². The summed E-state index contributed by atoms with van der Waals surface area (Å²) in [4.78, 5) is 25.1. The van der Waals surface area contributed by atoms with Crippen LogP contribution in [0.25, 0.3) is 6.08 Å². The third-order valence-corrected chi connectivity index (χ3v) is 5.61. The number of rotatable bonds is 9. The number of carbonyl (C=O) groups excluding carboxylic acids is 1. The monoisotopic (exact) mass is 505 g/mol. The van der Waals surface area contributed by atoms with Crippen LogP contribution in [0.2, 0.25) is 0 Å². The predicted molar refractivity (Wildman–Crippen MR) is 139 cm³/mol. The van der Waals surface area contributed by atoms with Gasteiger partial charge >= 0.3 is 0 Å².